The van der Waals surface area contributed by atoms with Gasteiger partial charge in [0.05, 0.1) is 12.5 Å². The first kappa shape index (κ1) is 12.5. The van der Waals surface area contributed by atoms with E-state index in [2.05, 4.69) is 5.32 Å². The average molecular weight is 227 g/mol. The number of carbonyl (C=O) groups excluding carboxylic acids is 3. The summed E-state index contributed by atoms with van der Waals surface area (Å²) in [6.07, 6.45) is 2.21. The highest BCUT2D eigenvalue weighted by Crippen LogP contribution is 2.22. The summed E-state index contributed by atoms with van der Waals surface area (Å²) < 4.78 is 0. The van der Waals surface area contributed by atoms with E-state index in [9.17, 15) is 19.5 Å². The maximum absolute atomic E-state index is 11.8. The van der Waals surface area contributed by atoms with Crippen molar-refractivity contribution >= 4 is 17.9 Å². The van der Waals surface area contributed by atoms with Gasteiger partial charge in [0, 0.05) is 0 Å². The van der Waals surface area contributed by atoms with Crippen LogP contribution in [0.3, 0.4) is 0 Å². The molecule has 6 nitrogen and oxygen atoms in total. The lowest BCUT2D eigenvalue weighted by molar-refractivity contribution is -0.305. The van der Waals surface area contributed by atoms with Crippen LogP contribution in [0.15, 0.2) is 0 Å². The molecule has 0 bridgehead atoms. The SMILES string of the molecule is CCCC[C@@]1(C)NC(=O)N(CC(=O)[O-])C1=O. The van der Waals surface area contributed by atoms with E-state index >= 15 is 0 Å². The Morgan fingerprint density at radius 1 is 1.50 bits per heavy atom. The maximum atomic E-state index is 11.8. The summed E-state index contributed by atoms with van der Waals surface area (Å²) >= 11 is 0. The van der Waals surface area contributed by atoms with E-state index in [-0.39, 0.29) is 0 Å². The molecule has 90 valence electrons. The number of aliphatic carboxylic acids is 1. The summed E-state index contributed by atoms with van der Waals surface area (Å²) in [6.45, 7) is 2.90. The average Bonchev–Trinajstić information content (AvgIpc) is 2.39. The lowest BCUT2D eigenvalue weighted by Crippen LogP contribution is -2.45. The highest BCUT2D eigenvalue weighted by molar-refractivity contribution is 6.08. The summed E-state index contributed by atoms with van der Waals surface area (Å²) in [6, 6.07) is -0.659. The number of carboxylic acid groups (broad SMARTS) is 1. The molecule has 0 saturated carbocycles. The minimum Gasteiger partial charge on any atom is -0.548 e. The fraction of sp³-hybridized carbons (Fsp3) is 0.700. The Labute approximate surface area is 93.6 Å². The van der Waals surface area contributed by atoms with E-state index in [1.54, 1.807) is 6.92 Å². The summed E-state index contributed by atoms with van der Waals surface area (Å²) in [5, 5.41) is 12.9. The van der Waals surface area contributed by atoms with E-state index < -0.39 is 30.0 Å². The fourth-order valence-corrected chi connectivity index (χ4v) is 1.72. The quantitative estimate of drug-likeness (QED) is 0.625. The van der Waals surface area contributed by atoms with Gasteiger partial charge in [0.15, 0.2) is 0 Å². The van der Waals surface area contributed by atoms with Crippen molar-refractivity contribution in [3.63, 3.8) is 0 Å². The molecule has 0 unspecified atom stereocenters. The zero-order valence-electron chi connectivity index (χ0n) is 9.41. The van der Waals surface area contributed by atoms with Crippen molar-refractivity contribution in [1.29, 1.82) is 0 Å². The minimum atomic E-state index is -1.44. The van der Waals surface area contributed by atoms with E-state index in [0.29, 0.717) is 11.3 Å². The molecule has 0 aromatic rings. The second-order valence-electron chi connectivity index (χ2n) is 4.13. The Bertz CT molecular complexity index is 329. The van der Waals surface area contributed by atoms with E-state index in [1.165, 1.54) is 0 Å². The molecule has 1 N–H and O–H groups in total. The number of amides is 3. The molecular weight excluding hydrogens is 212 g/mol. The van der Waals surface area contributed by atoms with Crippen LogP contribution in [0.25, 0.3) is 0 Å². The molecule has 6 heteroatoms. The van der Waals surface area contributed by atoms with Gasteiger partial charge in [0.1, 0.15) is 5.54 Å². The molecule has 16 heavy (non-hydrogen) atoms. The molecule has 0 aromatic carbocycles. The largest absolute Gasteiger partial charge is 0.548 e. The number of imide groups is 1. The Hall–Kier alpha value is -1.59. The van der Waals surface area contributed by atoms with Gasteiger partial charge in [-0.2, -0.15) is 0 Å². The first-order valence-electron chi connectivity index (χ1n) is 5.24. The highest BCUT2D eigenvalue weighted by Gasteiger charge is 2.46. The van der Waals surface area contributed by atoms with Crippen LogP contribution in [0.2, 0.25) is 0 Å². The third-order valence-electron chi connectivity index (χ3n) is 2.66. The van der Waals surface area contributed by atoms with Crippen LogP contribution in [0, 0.1) is 0 Å². The van der Waals surface area contributed by atoms with Crippen LogP contribution in [0.5, 0.6) is 0 Å². The van der Waals surface area contributed by atoms with Gasteiger partial charge in [0.2, 0.25) is 0 Å². The lowest BCUT2D eigenvalue weighted by Gasteiger charge is -2.21. The number of hydrogen-bond acceptors (Lipinski definition) is 4. The van der Waals surface area contributed by atoms with Crippen molar-refractivity contribution in [3.8, 4) is 0 Å². The second-order valence-corrected chi connectivity index (χ2v) is 4.13. The molecular formula is C10H15N2O4-. The van der Waals surface area contributed by atoms with Crippen molar-refractivity contribution in [2.24, 2.45) is 0 Å². The second kappa shape index (κ2) is 4.51. The normalized spacial score (nSPS) is 24.8. The number of nitrogens with zero attached hydrogens (tertiary/aromatic N) is 1. The zero-order chi connectivity index (χ0) is 12.3. The van der Waals surface area contributed by atoms with Gasteiger partial charge < -0.3 is 15.2 Å². The standard InChI is InChI=1S/C10H16N2O4/c1-3-4-5-10(2)8(15)12(6-7(13)14)9(16)11-10/h3-6H2,1-2H3,(H,11,16)(H,13,14)/p-1/t10-/m1/s1. The Morgan fingerprint density at radius 2 is 2.12 bits per heavy atom. The van der Waals surface area contributed by atoms with Crippen LogP contribution >= 0.6 is 0 Å². The van der Waals surface area contributed by atoms with Crippen LogP contribution in [0.1, 0.15) is 33.1 Å². The van der Waals surface area contributed by atoms with Gasteiger partial charge in [-0.3, -0.25) is 9.69 Å². The number of carbonyl (C=O) groups is 3. The van der Waals surface area contributed by atoms with E-state index in [0.717, 1.165) is 12.8 Å². The number of urea groups is 1. The maximum Gasteiger partial charge on any atom is 0.325 e. The predicted octanol–water partition coefficient (Wildman–Crippen LogP) is -0.763. The van der Waals surface area contributed by atoms with Gasteiger partial charge in [-0.1, -0.05) is 19.8 Å². The molecule has 3 amide bonds. The van der Waals surface area contributed by atoms with Gasteiger partial charge in [-0.15, -0.1) is 0 Å². The Balaban J connectivity index is 2.76. The van der Waals surface area contributed by atoms with Gasteiger partial charge in [-0.25, -0.2) is 4.79 Å². The molecule has 1 aliphatic heterocycles. The summed E-state index contributed by atoms with van der Waals surface area (Å²) in [5.74, 6) is -1.93. The lowest BCUT2D eigenvalue weighted by atomic mass is 9.95. The van der Waals surface area contributed by atoms with Crippen molar-refractivity contribution in [2.75, 3.05) is 6.54 Å². The molecule has 1 rings (SSSR count). The summed E-state index contributed by atoms with van der Waals surface area (Å²) in [4.78, 5) is 34.3. The van der Waals surface area contributed by atoms with Crippen LogP contribution in [-0.4, -0.2) is 34.9 Å². The number of unbranched alkanes of at least 4 members (excludes halogenated alkanes) is 1. The van der Waals surface area contributed by atoms with Crippen molar-refractivity contribution in [2.45, 2.75) is 38.6 Å². The van der Waals surface area contributed by atoms with Gasteiger partial charge in [0.25, 0.3) is 5.91 Å². The summed E-state index contributed by atoms with van der Waals surface area (Å²) in [5.41, 5.74) is -0.970. The van der Waals surface area contributed by atoms with Crippen molar-refractivity contribution in [3.05, 3.63) is 0 Å². The van der Waals surface area contributed by atoms with Gasteiger partial charge in [-0.05, 0) is 13.3 Å². The monoisotopic (exact) mass is 227 g/mol. The summed E-state index contributed by atoms with van der Waals surface area (Å²) in [7, 11) is 0. The molecule has 0 aliphatic carbocycles. The molecule has 1 atom stereocenters. The molecule has 1 fully saturated rings. The smallest absolute Gasteiger partial charge is 0.325 e. The fourth-order valence-electron chi connectivity index (χ4n) is 1.72. The van der Waals surface area contributed by atoms with Crippen molar-refractivity contribution in [1.82, 2.24) is 10.2 Å². The number of rotatable bonds is 5. The van der Waals surface area contributed by atoms with Gasteiger partial charge >= 0.3 is 6.03 Å². The Kier molecular flexibility index (Phi) is 3.51. The van der Waals surface area contributed by atoms with Crippen LogP contribution in [0.4, 0.5) is 4.79 Å². The first-order chi connectivity index (χ1) is 7.40. The first-order valence-corrected chi connectivity index (χ1v) is 5.24. The van der Waals surface area contributed by atoms with E-state index in [4.69, 9.17) is 0 Å². The van der Waals surface area contributed by atoms with E-state index in [1.807, 2.05) is 6.92 Å². The van der Waals surface area contributed by atoms with Crippen LogP contribution in [-0.2, 0) is 9.59 Å². The molecule has 1 saturated heterocycles. The topological polar surface area (TPSA) is 89.5 Å². The molecule has 1 heterocycles. The number of hydrogen-bond donors (Lipinski definition) is 1. The molecule has 0 spiro atoms. The van der Waals surface area contributed by atoms with Crippen molar-refractivity contribution < 1.29 is 19.5 Å². The third kappa shape index (κ3) is 2.32. The molecule has 0 radical (unpaired) electrons. The highest BCUT2D eigenvalue weighted by atomic mass is 16.4. The Morgan fingerprint density at radius 3 is 2.62 bits per heavy atom. The predicted molar refractivity (Wildman–Crippen MR) is 53.2 cm³/mol. The number of carboxylic acids is 1. The van der Waals surface area contributed by atoms with Crippen LogP contribution < -0.4 is 10.4 Å². The number of nitrogens with one attached hydrogen (secondary N) is 1. The zero-order valence-corrected chi connectivity index (χ0v) is 9.41. The third-order valence-corrected chi connectivity index (χ3v) is 2.66. The molecule has 1 aliphatic rings. The minimum absolute atomic E-state index is 0.491. The molecule has 0 aromatic heterocycles.